The Morgan fingerprint density at radius 3 is 2.79 bits per heavy atom. The van der Waals surface area contributed by atoms with Crippen molar-refractivity contribution in [3.63, 3.8) is 0 Å². The fraction of sp³-hybridized carbons (Fsp3) is 0.167. The highest BCUT2D eigenvalue weighted by Crippen LogP contribution is 2.29. The molecule has 0 aromatic carbocycles. The van der Waals surface area contributed by atoms with E-state index in [0.717, 1.165) is 18.5 Å². The zero-order valence-corrected chi connectivity index (χ0v) is 7.77. The van der Waals surface area contributed by atoms with Gasteiger partial charge in [-0.05, 0) is 36.6 Å². The van der Waals surface area contributed by atoms with Gasteiger partial charge >= 0.3 is 0 Å². The molecular weight excluding hydrogens is 172 g/mol. The van der Waals surface area contributed by atoms with Gasteiger partial charge in [0.2, 0.25) is 0 Å². The molecule has 0 saturated heterocycles. The Morgan fingerprint density at radius 2 is 1.79 bits per heavy atom. The van der Waals surface area contributed by atoms with Crippen molar-refractivity contribution in [2.45, 2.75) is 12.8 Å². The van der Waals surface area contributed by atoms with Crippen molar-refractivity contribution in [3.8, 4) is 11.3 Å². The fourth-order valence-electron chi connectivity index (χ4n) is 1.99. The number of hydrogen-bond acceptors (Lipinski definition) is 2. The van der Waals surface area contributed by atoms with E-state index < -0.39 is 0 Å². The minimum Gasteiger partial charge on any atom is -0.261 e. The van der Waals surface area contributed by atoms with Gasteiger partial charge in [-0.3, -0.25) is 9.97 Å². The number of rotatable bonds is 0. The van der Waals surface area contributed by atoms with Gasteiger partial charge in [0, 0.05) is 18.0 Å². The second-order valence-electron chi connectivity index (χ2n) is 3.51. The standard InChI is InChI=1S/C12H10N2/c1-3-9-5-6-11-10(4-2-7-13-11)12(9)14-8-1/h1-4,7-8H,5-6H2. The molecule has 3 rings (SSSR count). The lowest BCUT2D eigenvalue weighted by atomic mass is 9.93. The zero-order chi connectivity index (χ0) is 9.38. The normalized spacial score (nSPS) is 13.1. The third-order valence-corrected chi connectivity index (χ3v) is 2.67. The van der Waals surface area contributed by atoms with Gasteiger partial charge in [0.25, 0.3) is 0 Å². The van der Waals surface area contributed by atoms with E-state index in [0.29, 0.717) is 0 Å². The Morgan fingerprint density at radius 1 is 0.929 bits per heavy atom. The summed E-state index contributed by atoms with van der Waals surface area (Å²) in [5.41, 5.74) is 4.84. The Kier molecular flexibility index (Phi) is 1.60. The molecule has 1 aliphatic rings. The summed E-state index contributed by atoms with van der Waals surface area (Å²) < 4.78 is 0. The van der Waals surface area contributed by atoms with Crippen molar-refractivity contribution in [1.82, 2.24) is 9.97 Å². The highest BCUT2D eigenvalue weighted by Gasteiger charge is 2.16. The van der Waals surface area contributed by atoms with Crippen LogP contribution < -0.4 is 0 Å². The van der Waals surface area contributed by atoms with E-state index in [1.165, 1.54) is 16.8 Å². The molecule has 0 spiro atoms. The number of nitrogens with zero attached hydrogens (tertiary/aromatic N) is 2. The fourth-order valence-corrected chi connectivity index (χ4v) is 1.99. The second kappa shape index (κ2) is 2.91. The molecule has 0 fully saturated rings. The molecule has 0 unspecified atom stereocenters. The number of fused-ring (bicyclic) bond motifs is 3. The van der Waals surface area contributed by atoms with Crippen LogP contribution in [0.15, 0.2) is 36.7 Å². The van der Waals surface area contributed by atoms with Crippen LogP contribution in [0.2, 0.25) is 0 Å². The Hall–Kier alpha value is -1.70. The zero-order valence-electron chi connectivity index (χ0n) is 7.77. The average molecular weight is 182 g/mol. The Labute approximate surface area is 82.7 Å². The minimum atomic E-state index is 1.04. The first kappa shape index (κ1) is 7.68. The Bertz CT molecular complexity index is 432. The first-order chi connectivity index (χ1) is 6.95. The van der Waals surface area contributed by atoms with E-state index >= 15 is 0 Å². The lowest BCUT2D eigenvalue weighted by Crippen LogP contribution is -2.06. The average Bonchev–Trinajstić information content (AvgIpc) is 2.29. The quantitative estimate of drug-likeness (QED) is 0.624. The lowest BCUT2D eigenvalue weighted by Gasteiger charge is -2.16. The maximum atomic E-state index is 4.42. The molecule has 0 radical (unpaired) electrons. The highest BCUT2D eigenvalue weighted by atomic mass is 14.7. The van der Waals surface area contributed by atoms with Gasteiger partial charge in [0.1, 0.15) is 0 Å². The van der Waals surface area contributed by atoms with Crippen LogP contribution in [-0.4, -0.2) is 9.97 Å². The van der Waals surface area contributed by atoms with Crippen LogP contribution in [0.3, 0.4) is 0 Å². The SMILES string of the molecule is c1cnc2c(c1)CCc1ncccc1-2. The van der Waals surface area contributed by atoms with Crippen molar-refractivity contribution in [1.29, 1.82) is 0 Å². The number of hydrogen-bond donors (Lipinski definition) is 0. The molecule has 68 valence electrons. The van der Waals surface area contributed by atoms with Gasteiger partial charge in [-0.1, -0.05) is 6.07 Å². The van der Waals surface area contributed by atoms with Crippen LogP contribution in [0.25, 0.3) is 11.3 Å². The molecule has 2 heteroatoms. The largest absolute Gasteiger partial charge is 0.261 e. The van der Waals surface area contributed by atoms with Gasteiger partial charge in [-0.25, -0.2) is 0 Å². The Balaban J connectivity index is 2.29. The minimum absolute atomic E-state index is 1.04. The van der Waals surface area contributed by atoms with Crippen LogP contribution in [-0.2, 0) is 12.8 Å². The molecule has 0 N–H and O–H groups in total. The van der Waals surface area contributed by atoms with Gasteiger partial charge in [-0.2, -0.15) is 0 Å². The summed E-state index contributed by atoms with van der Waals surface area (Å²) >= 11 is 0. The maximum Gasteiger partial charge on any atom is 0.0752 e. The van der Waals surface area contributed by atoms with Gasteiger partial charge < -0.3 is 0 Å². The summed E-state index contributed by atoms with van der Waals surface area (Å²) in [7, 11) is 0. The third-order valence-electron chi connectivity index (χ3n) is 2.67. The molecule has 1 aliphatic carbocycles. The van der Waals surface area contributed by atoms with Crippen molar-refractivity contribution >= 4 is 0 Å². The van der Waals surface area contributed by atoms with E-state index in [2.05, 4.69) is 22.1 Å². The van der Waals surface area contributed by atoms with Gasteiger partial charge in [0.15, 0.2) is 0 Å². The molecule has 0 atom stereocenters. The molecular formula is C12H10N2. The van der Waals surface area contributed by atoms with Crippen LogP contribution in [0.4, 0.5) is 0 Å². The van der Waals surface area contributed by atoms with E-state index in [-0.39, 0.29) is 0 Å². The van der Waals surface area contributed by atoms with E-state index in [1.54, 1.807) is 0 Å². The second-order valence-corrected chi connectivity index (χ2v) is 3.51. The summed E-state index contributed by atoms with van der Waals surface area (Å²) in [4.78, 5) is 8.80. The van der Waals surface area contributed by atoms with Gasteiger partial charge in [-0.15, -0.1) is 0 Å². The summed E-state index contributed by atoms with van der Waals surface area (Å²) in [6.07, 6.45) is 5.80. The van der Waals surface area contributed by atoms with E-state index in [1.807, 2.05) is 24.5 Å². The number of pyridine rings is 2. The first-order valence-electron chi connectivity index (χ1n) is 4.83. The van der Waals surface area contributed by atoms with Crippen LogP contribution >= 0.6 is 0 Å². The summed E-state index contributed by atoms with van der Waals surface area (Å²) in [6, 6.07) is 8.23. The molecule has 0 saturated carbocycles. The smallest absolute Gasteiger partial charge is 0.0752 e. The number of aromatic nitrogens is 2. The van der Waals surface area contributed by atoms with E-state index in [4.69, 9.17) is 0 Å². The molecule has 2 aromatic rings. The predicted molar refractivity (Wildman–Crippen MR) is 54.9 cm³/mol. The van der Waals surface area contributed by atoms with Crippen molar-refractivity contribution in [2.75, 3.05) is 0 Å². The molecule has 2 aromatic heterocycles. The molecule has 0 bridgehead atoms. The molecule has 14 heavy (non-hydrogen) atoms. The molecule has 2 nitrogen and oxygen atoms in total. The molecule has 0 amide bonds. The van der Waals surface area contributed by atoms with E-state index in [9.17, 15) is 0 Å². The van der Waals surface area contributed by atoms with Crippen LogP contribution in [0, 0.1) is 0 Å². The maximum absolute atomic E-state index is 4.42. The monoisotopic (exact) mass is 182 g/mol. The summed E-state index contributed by atoms with van der Waals surface area (Å²) in [5.74, 6) is 0. The predicted octanol–water partition coefficient (Wildman–Crippen LogP) is 2.24. The van der Waals surface area contributed by atoms with Crippen LogP contribution in [0.5, 0.6) is 0 Å². The lowest BCUT2D eigenvalue weighted by molar-refractivity contribution is 0.885. The van der Waals surface area contributed by atoms with Crippen LogP contribution in [0.1, 0.15) is 11.3 Å². The summed E-state index contributed by atoms with van der Waals surface area (Å²) in [6.45, 7) is 0. The van der Waals surface area contributed by atoms with Gasteiger partial charge in [0.05, 0.1) is 11.4 Å². The van der Waals surface area contributed by atoms with Crippen molar-refractivity contribution < 1.29 is 0 Å². The highest BCUT2D eigenvalue weighted by molar-refractivity contribution is 5.67. The molecule has 2 heterocycles. The topological polar surface area (TPSA) is 25.8 Å². The third kappa shape index (κ3) is 1.04. The van der Waals surface area contributed by atoms with Crippen molar-refractivity contribution in [2.24, 2.45) is 0 Å². The van der Waals surface area contributed by atoms with Crippen molar-refractivity contribution in [3.05, 3.63) is 47.9 Å². The number of aryl methyl sites for hydroxylation is 2. The molecule has 0 aliphatic heterocycles. The summed E-state index contributed by atoms with van der Waals surface area (Å²) in [5, 5.41) is 0. The first-order valence-corrected chi connectivity index (χ1v) is 4.83.